The molecule has 0 aliphatic heterocycles. The number of carbonyl (C=O) groups excluding carboxylic acids is 3. The number of hydrogen-bond acceptors (Lipinski definition) is 6. The largest absolute Gasteiger partial charge is 0.462 e. The van der Waals surface area contributed by atoms with Crippen LogP contribution in [-0.2, 0) is 28.6 Å². The van der Waals surface area contributed by atoms with E-state index in [1.165, 1.54) is 38.5 Å². The summed E-state index contributed by atoms with van der Waals surface area (Å²) in [5.41, 5.74) is 0. The van der Waals surface area contributed by atoms with Crippen molar-refractivity contribution in [2.45, 2.75) is 175 Å². The minimum Gasteiger partial charge on any atom is -0.462 e. The minimum absolute atomic E-state index is 0.110. The Bertz CT molecular complexity index is 986. The van der Waals surface area contributed by atoms with Gasteiger partial charge in [0.05, 0.1) is 0 Å². The molecular weight excluding hydrogens is 624 g/mol. The van der Waals surface area contributed by atoms with Crippen LogP contribution >= 0.6 is 0 Å². The first-order valence-electron chi connectivity index (χ1n) is 20.0. The molecule has 0 aromatic carbocycles. The van der Waals surface area contributed by atoms with E-state index < -0.39 is 6.10 Å². The van der Waals surface area contributed by atoms with Crippen molar-refractivity contribution in [3.05, 3.63) is 72.9 Å². The number of carbonyl (C=O) groups is 3. The molecule has 0 radical (unpaired) electrons. The third kappa shape index (κ3) is 36.1. The van der Waals surface area contributed by atoms with Crippen LogP contribution in [0.3, 0.4) is 0 Å². The van der Waals surface area contributed by atoms with Gasteiger partial charge in [0.1, 0.15) is 13.2 Å². The lowest BCUT2D eigenvalue weighted by Gasteiger charge is -2.18. The van der Waals surface area contributed by atoms with Gasteiger partial charge in [-0.15, -0.1) is 0 Å². The van der Waals surface area contributed by atoms with Gasteiger partial charge in [-0.3, -0.25) is 14.4 Å². The third-order valence-corrected chi connectivity index (χ3v) is 8.01. The second-order valence-corrected chi connectivity index (χ2v) is 12.9. The molecule has 0 aliphatic carbocycles. The van der Waals surface area contributed by atoms with Gasteiger partial charge in [-0.25, -0.2) is 0 Å². The molecule has 0 rings (SSSR count). The Kier molecular flexibility index (Phi) is 36.2. The maximum absolute atomic E-state index is 12.6. The van der Waals surface area contributed by atoms with E-state index in [1.807, 2.05) is 36.5 Å². The maximum Gasteiger partial charge on any atom is 0.306 e. The van der Waals surface area contributed by atoms with Gasteiger partial charge in [-0.1, -0.05) is 145 Å². The number of esters is 3. The predicted molar refractivity (Wildman–Crippen MR) is 210 cm³/mol. The van der Waals surface area contributed by atoms with E-state index in [0.717, 1.165) is 83.5 Å². The highest BCUT2D eigenvalue weighted by molar-refractivity contribution is 5.71. The molecule has 50 heavy (non-hydrogen) atoms. The van der Waals surface area contributed by atoms with Crippen LogP contribution < -0.4 is 0 Å². The van der Waals surface area contributed by atoms with E-state index in [-0.39, 0.29) is 31.1 Å². The summed E-state index contributed by atoms with van der Waals surface area (Å²) in [5.74, 6) is -1.01. The zero-order valence-electron chi connectivity index (χ0n) is 32.1. The number of ether oxygens (including phenoxy) is 3. The van der Waals surface area contributed by atoms with Crippen LogP contribution in [0.2, 0.25) is 0 Å². The van der Waals surface area contributed by atoms with Crippen molar-refractivity contribution in [2.24, 2.45) is 0 Å². The van der Waals surface area contributed by atoms with Crippen molar-refractivity contribution in [1.29, 1.82) is 0 Å². The summed E-state index contributed by atoms with van der Waals surface area (Å²) < 4.78 is 16.5. The topological polar surface area (TPSA) is 78.9 Å². The molecule has 0 N–H and O–H groups in total. The van der Waals surface area contributed by atoms with Crippen LogP contribution in [0.15, 0.2) is 72.9 Å². The summed E-state index contributed by atoms with van der Waals surface area (Å²) in [5, 5.41) is 0. The lowest BCUT2D eigenvalue weighted by molar-refractivity contribution is -0.167. The molecule has 0 bridgehead atoms. The first kappa shape index (κ1) is 46.9. The fraction of sp³-hybridized carbons (Fsp3) is 0.659. The van der Waals surface area contributed by atoms with Crippen molar-refractivity contribution in [2.75, 3.05) is 13.2 Å². The quantitative estimate of drug-likeness (QED) is 0.0219. The lowest BCUT2D eigenvalue weighted by Crippen LogP contribution is -2.30. The Hall–Kier alpha value is -3.15. The molecule has 1 unspecified atom stereocenters. The Balaban J connectivity index is 4.51. The highest BCUT2D eigenvalue weighted by atomic mass is 16.6. The van der Waals surface area contributed by atoms with Crippen LogP contribution in [-0.4, -0.2) is 37.2 Å². The molecule has 0 aromatic heterocycles. The smallest absolute Gasteiger partial charge is 0.306 e. The van der Waals surface area contributed by atoms with Gasteiger partial charge in [0.25, 0.3) is 0 Å². The van der Waals surface area contributed by atoms with Crippen molar-refractivity contribution in [1.82, 2.24) is 0 Å². The standard InChI is InChI=1S/C44H72O6/c1-4-7-10-13-16-19-21-22-23-26-28-31-34-37-43(46)49-40-41(39-48-42(45)36-33-30-27-24-18-15-12-9-6-3)50-44(47)38-35-32-29-25-20-17-14-11-8-5-2/h7,10,13-14,16-17,19,21-24,27,41H,4-6,8-9,11-12,15,18,20,25-26,28-40H2,1-3H3/b10-7-,16-13-,17-14-,21-19-,23-22-,27-24-. The highest BCUT2D eigenvalue weighted by Gasteiger charge is 2.19. The molecule has 284 valence electrons. The summed E-state index contributed by atoms with van der Waals surface area (Å²) in [6, 6.07) is 0. The van der Waals surface area contributed by atoms with Crippen LogP contribution in [0, 0.1) is 0 Å². The molecule has 0 amide bonds. The van der Waals surface area contributed by atoms with Crippen LogP contribution in [0.4, 0.5) is 0 Å². The van der Waals surface area contributed by atoms with Gasteiger partial charge in [-0.2, -0.15) is 0 Å². The molecular formula is C44H72O6. The van der Waals surface area contributed by atoms with Crippen molar-refractivity contribution in [3.8, 4) is 0 Å². The van der Waals surface area contributed by atoms with Crippen molar-refractivity contribution in [3.63, 3.8) is 0 Å². The fourth-order valence-electron chi connectivity index (χ4n) is 4.96. The first-order valence-corrected chi connectivity index (χ1v) is 20.0. The summed E-state index contributed by atoms with van der Waals surface area (Å²) in [4.78, 5) is 37.4. The first-order chi connectivity index (χ1) is 24.5. The summed E-state index contributed by atoms with van der Waals surface area (Å²) in [6.07, 6.45) is 46.1. The van der Waals surface area contributed by atoms with Crippen LogP contribution in [0.1, 0.15) is 168 Å². The Morgan fingerprint density at radius 1 is 0.420 bits per heavy atom. The van der Waals surface area contributed by atoms with E-state index >= 15 is 0 Å². The average Bonchev–Trinajstić information content (AvgIpc) is 3.11. The van der Waals surface area contributed by atoms with Gasteiger partial charge in [0.15, 0.2) is 6.10 Å². The molecule has 6 heteroatoms. The minimum atomic E-state index is -0.803. The number of hydrogen-bond donors (Lipinski definition) is 0. The fourth-order valence-corrected chi connectivity index (χ4v) is 4.96. The molecule has 0 heterocycles. The molecule has 0 aliphatic rings. The van der Waals surface area contributed by atoms with E-state index in [2.05, 4.69) is 57.2 Å². The Morgan fingerprint density at radius 3 is 1.42 bits per heavy atom. The Labute approximate surface area is 306 Å². The van der Waals surface area contributed by atoms with E-state index in [9.17, 15) is 14.4 Å². The number of allylic oxidation sites excluding steroid dienone is 12. The third-order valence-electron chi connectivity index (χ3n) is 8.01. The molecule has 0 saturated carbocycles. The molecule has 0 aromatic rings. The van der Waals surface area contributed by atoms with Gasteiger partial charge in [0.2, 0.25) is 0 Å². The van der Waals surface area contributed by atoms with Crippen LogP contribution in [0.5, 0.6) is 0 Å². The number of rotatable bonds is 34. The highest BCUT2D eigenvalue weighted by Crippen LogP contribution is 2.11. The predicted octanol–water partition coefficient (Wildman–Crippen LogP) is 12.4. The molecule has 0 fully saturated rings. The molecule has 0 saturated heterocycles. The zero-order chi connectivity index (χ0) is 36.6. The second kappa shape index (κ2) is 38.6. The van der Waals surface area contributed by atoms with Gasteiger partial charge >= 0.3 is 17.9 Å². The van der Waals surface area contributed by atoms with Crippen molar-refractivity contribution >= 4 is 17.9 Å². The van der Waals surface area contributed by atoms with Gasteiger partial charge in [0, 0.05) is 19.3 Å². The van der Waals surface area contributed by atoms with Gasteiger partial charge in [-0.05, 0) is 77.0 Å². The zero-order valence-corrected chi connectivity index (χ0v) is 32.1. The molecule has 6 nitrogen and oxygen atoms in total. The van der Waals surface area contributed by atoms with Gasteiger partial charge < -0.3 is 14.2 Å². The number of unbranched alkanes of at least 4 members (excludes halogenated alkanes) is 14. The van der Waals surface area contributed by atoms with E-state index in [4.69, 9.17) is 14.2 Å². The lowest BCUT2D eigenvalue weighted by atomic mass is 10.1. The van der Waals surface area contributed by atoms with E-state index in [0.29, 0.717) is 25.7 Å². The second-order valence-electron chi connectivity index (χ2n) is 12.9. The summed E-state index contributed by atoms with van der Waals surface area (Å²) >= 11 is 0. The Morgan fingerprint density at radius 2 is 0.840 bits per heavy atom. The monoisotopic (exact) mass is 697 g/mol. The molecule has 1 atom stereocenters. The molecule has 0 spiro atoms. The SMILES string of the molecule is CC\C=C/C=C\C=C/C=C\CCCCCC(=O)OCC(COC(=O)CCC/C=C\CCCCCC)OC(=O)CCCCCC/C=C\CCCC. The summed E-state index contributed by atoms with van der Waals surface area (Å²) in [6.45, 7) is 6.30. The maximum atomic E-state index is 12.6. The summed E-state index contributed by atoms with van der Waals surface area (Å²) in [7, 11) is 0. The van der Waals surface area contributed by atoms with Crippen LogP contribution in [0.25, 0.3) is 0 Å². The normalized spacial score (nSPS) is 12.8. The van der Waals surface area contributed by atoms with Crippen molar-refractivity contribution < 1.29 is 28.6 Å². The van der Waals surface area contributed by atoms with E-state index in [1.54, 1.807) is 0 Å². The average molecular weight is 697 g/mol.